The number of amides is 3. The Balaban J connectivity index is 1.79. The Hall–Kier alpha value is -1.86. The third kappa shape index (κ3) is 6.17. The zero-order chi connectivity index (χ0) is 18.2. The highest BCUT2D eigenvalue weighted by Crippen LogP contribution is 2.27. The van der Waals surface area contributed by atoms with Gasteiger partial charge in [-0.2, -0.15) is 11.8 Å². The zero-order valence-corrected chi connectivity index (χ0v) is 16.3. The first-order valence-electron chi connectivity index (χ1n) is 8.13. The lowest BCUT2D eigenvalue weighted by Crippen LogP contribution is -2.37. The summed E-state index contributed by atoms with van der Waals surface area (Å²) in [6, 6.07) is 8.08. The average molecular weight is 378 g/mol. The normalized spacial score (nSPS) is 10.7. The summed E-state index contributed by atoms with van der Waals surface area (Å²) >= 11 is 3.27. The van der Waals surface area contributed by atoms with Crippen LogP contribution < -0.4 is 10.6 Å². The van der Waals surface area contributed by atoms with Gasteiger partial charge in [0, 0.05) is 35.9 Å². The minimum Gasteiger partial charge on any atom is -0.341 e. The topological polar surface area (TPSA) is 71.1 Å². The van der Waals surface area contributed by atoms with Crippen LogP contribution in [-0.4, -0.2) is 29.7 Å². The molecule has 7 heteroatoms. The average Bonchev–Trinajstić information content (AvgIpc) is 3.07. The largest absolute Gasteiger partial charge is 0.341 e. The number of benzene rings is 1. The molecule has 2 rings (SSSR count). The Labute approximate surface area is 156 Å². The van der Waals surface area contributed by atoms with Gasteiger partial charge >= 0.3 is 6.03 Å². The Morgan fingerprint density at radius 2 is 1.96 bits per heavy atom. The second-order valence-electron chi connectivity index (χ2n) is 5.85. The van der Waals surface area contributed by atoms with Gasteiger partial charge in [0.2, 0.25) is 5.91 Å². The van der Waals surface area contributed by atoms with Crippen molar-refractivity contribution in [1.29, 1.82) is 0 Å². The number of carbonyl (C=O) groups excluding carboxylic acids is 2. The minimum absolute atomic E-state index is 0.268. The molecule has 0 aliphatic heterocycles. The third-order valence-electron chi connectivity index (χ3n) is 3.58. The first-order chi connectivity index (χ1) is 12.0. The monoisotopic (exact) mass is 377 g/mol. The van der Waals surface area contributed by atoms with E-state index in [4.69, 9.17) is 0 Å². The van der Waals surface area contributed by atoms with Gasteiger partial charge in [0.1, 0.15) is 5.01 Å². The maximum atomic E-state index is 11.5. The van der Waals surface area contributed by atoms with Gasteiger partial charge in [0.25, 0.3) is 0 Å². The van der Waals surface area contributed by atoms with E-state index in [9.17, 15) is 9.59 Å². The number of hydrogen-bond donors (Lipinski definition) is 2. The quantitative estimate of drug-likeness (QED) is 0.715. The van der Waals surface area contributed by atoms with Crippen molar-refractivity contribution in [2.24, 2.45) is 0 Å². The molecule has 0 aliphatic rings. The third-order valence-corrected chi connectivity index (χ3v) is 5.51. The Kier molecular flexibility index (Phi) is 7.46. The molecule has 0 unspecified atom stereocenters. The number of aromatic nitrogens is 1. The predicted molar refractivity (Wildman–Crippen MR) is 105 cm³/mol. The van der Waals surface area contributed by atoms with Gasteiger partial charge in [0.15, 0.2) is 0 Å². The van der Waals surface area contributed by atoms with Gasteiger partial charge in [0.05, 0.1) is 5.69 Å². The fraction of sp³-hybridized carbons (Fsp3) is 0.389. The molecule has 3 amide bonds. The first kappa shape index (κ1) is 19.5. The minimum atomic E-state index is -0.470. The van der Waals surface area contributed by atoms with E-state index in [2.05, 4.69) is 59.1 Å². The van der Waals surface area contributed by atoms with Crippen LogP contribution in [-0.2, 0) is 10.5 Å². The number of nitrogens with zero attached hydrogens (tertiary/aromatic N) is 1. The number of thioether (sulfide) groups is 1. The van der Waals surface area contributed by atoms with Gasteiger partial charge in [-0.1, -0.05) is 38.1 Å². The summed E-state index contributed by atoms with van der Waals surface area (Å²) in [6.45, 7) is 4.37. The lowest BCUT2D eigenvalue weighted by Gasteiger charge is -2.05. The van der Waals surface area contributed by atoms with Crippen molar-refractivity contribution in [3.05, 3.63) is 40.9 Å². The van der Waals surface area contributed by atoms with E-state index in [1.54, 1.807) is 23.1 Å². The fourth-order valence-corrected chi connectivity index (χ4v) is 3.87. The molecule has 0 saturated carbocycles. The van der Waals surface area contributed by atoms with Gasteiger partial charge in [-0.3, -0.25) is 10.1 Å². The van der Waals surface area contributed by atoms with Crippen LogP contribution in [0.5, 0.6) is 0 Å². The molecule has 0 spiro atoms. The Morgan fingerprint density at radius 3 is 2.60 bits per heavy atom. The fourth-order valence-electron chi connectivity index (χ4n) is 2.11. The van der Waals surface area contributed by atoms with E-state index in [-0.39, 0.29) is 5.91 Å². The van der Waals surface area contributed by atoms with Crippen LogP contribution in [0.3, 0.4) is 0 Å². The van der Waals surface area contributed by atoms with Crippen LogP contribution in [0.4, 0.5) is 4.79 Å². The molecule has 0 radical (unpaired) electrons. The maximum absolute atomic E-state index is 11.5. The van der Waals surface area contributed by atoms with Gasteiger partial charge in [-0.15, -0.1) is 11.3 Å². The van der Waals surface area contributed by atoms with Crippen molar-refractivity contribution in [2.75, 3.05) is 12.8 Å². The number of thiazole rings is 1. The molecule has 0 atom stereocenters. The van der Waals surface area contributed by atoms with E-state index in [1.165, 1.54) is 12.6 Å². The lowest BCUT2D eigenvalue weighted by molar-refractivity contribution is -0.119. The molecule has 0 bridgehead atoms. The zero-order valence-electron chi connectivity index (χ0n) is 14.7. The number of urea groups is 1. The summed E-state index contributed by atoms with van der Waals surface area (Å²) < 4.78 is 0. The molecular weight excluding hydrogens is 354 g/mol. The number of nitrogens with one attached hydrogen (secondary N) is 2. The number of imide groups is 1. The highest BCUT2D eigenvalue weighted by atomic mass is 32.2. The van der Waals surface area contributed by atoms with Crippen molar-refractivity contribution >= 4 is 35.0 Å². The number of carbonyl (C=O) groups is 2. The molecule has 0 fully saturated rings. The summed E-state index contributed by atoms with van der Waals surface area (Å²) in [6.07, 6.45) is 0.311. The summed E-state index contributed by atoms with van der Waals surface area (Å²) in [5.74, 6) is 1.67. The lowest BCUT2D eigenvalue weighted by atomic mass is 10.0. The van der Waals surface area contributed by atoms with E-state index in [0.717, 1.165) is 22.0 Å². The molecule has 1 aromatic heterocycles. The van der Waals surface area contributed by atoms with E-state index >= 15 is 0 Å². The van der Waals surface area contributed by atoms with Crippen LogP contribution in [0.25, 0.3) is 10.6 Å². The summed E-state index contributed by atoms with van der Waals surface area (Å²) in [5.41, 5.74) is 3.48. The summed E-state index contributed by atoms with van der Waals surface area (Å²) in [4.78, 5) is 27.2. The van der Waals surface area contributed by atoms with E-state index in [1.807, 2.05) is 0 Å². The standard InChI is InChI=1S/C18H23N3O2S2/c1-12(2)13-4-6-14(7-5-13)17-20-15(11-25-17)10-24-9-8-16(22)21-18(23)19-3/h4-7,11-12H,8-10H2,1-3H3,(H2,19,21,22,23). The second kappa shape index (κ2) is 9.58. The van der Waals surface area contributed by atoms with Crippen LogP contribution in [0.2, 0.25) is 0 Å². The predicted octanol–water partition coefficient (Wildman–Crippen LogP) is 4.01. The maximum Gasteiger partial charge on any atom is 0.321 e. The highest BCUT2D eigenvalue weighted by molar-refractivity contribution is 7.98. The summed E-state index contributed by atoms with van der Waals surface area (Å²) in [7, 11) is 1.48. The molecule has 1 aromatic carbocycles. The van der Waals surface area contributed by atoms with Gasteiger partial charge in [-0.25, -0.2) is 9.78 Å². The van der Waals surface area contributed by atoms with Crippen LogP contribution >= 0.6 is 23.1 Å². The van der Waals surface area contributed by atoms with Crippen molar-refractivity contribution in [3.8, 4) is 10.6 Å². The van der Waals surface area contributed by atoms with Crippen molar-refractivity contribution in [3.63, 3.8) is 0 Å². The number of rotatable bonds is 7. The summed E-state index contributed by atoms with van der Waals surface area (Å²) in [5, 5.41) is 7.68. The number of hydrogen-bond acceptors (Lipinski definition) is 5. The van der Waals surface area contributed by atoms with E-state index < -0.39 is 6.03 Å². The van der Waals surface area contributed by atoms with Gasteiger partial charge in [-0.05, 0) is 11.5 Å². The molecule has 0 saturated heterocycles. The molecule has 25 heavy (non-hydrogen) atoms. The molecule has 134 valence electrons. The van der Waals surface area contributed by atoms with Crippen molar-refractivity contribution in [2.45, 2.75) is 31.9 Å². The molecule has 0 aliphatic carbocycles. The molecular formula is C18H23N3O2S2. The second-order valence-corrected chi connectivity index (χ2v) is 7.81. The molecule has 2 N–H and O–H groups in total. The van der Waals surface area contributed by atoms with Crippen LogP contribution in [0, 0.1) is 0 Å². The molecule has 5 nitrogen and oxygen atoms in total. The smallest absolute Gasteiger partial charge is 0.321 e. The highest BCUT2D eigenvalue weighted by Gasteiger charge is 2.08. The Bertz CT molecular complexity index is 711. The SMILES string of the molecule is CNC(=O)NC(=O)CCSCc1csc(-c2ccc(C(C)C)cc2)n1. The van der Waals surface area contributed by atoms with Crippen LogP contribution in [0.15, 0.2) is 29.6 Å². The Morgan fingerprint density at radius 1 is 1.24 bits per heavy atom. The van der Waals surface area contributed by atoms with Crippen LogP contribution in [0.1, 0.15) is 37.4 Å². The van der Waals surface area contributed by atoms with E-state index in [0.29, 0.717) is 18.1 Å². The first-order valence-corrected chi connectivity index (χ1v) is 10.2. The van der Waals surface area contributed by atoms with Crippen molar-refractivity contribution in [1.82, 2.24) is 15.6 Å². The van der Waals surface area contributed by atoms with Crippen molar-refractivity contribution < 1.29 is 9.59 Å². The molecule has 2 aromatic rings. The molecule has 1 heterocycles. The van der Waals surface area contributed by atoms with Gasteiger partial charge < -0.3 is 5.32 Å².